The topological polar surface area (TPSA) is 97.3 Å². The lowest BCUT2D eigenvalue weighted by Crippen LogP contribution is -2.22. The molecule has 0 bridgehead atoms. The molecule has 25 heavy (non-hydrogen) atoms. The number of hydrogen-bond acceptors (Lipinski definition) is 6. The quantitative estimate of drug-likeness (QED) is 0.545. The van der Waals surface area contributed by atoms with Crippen LogP contribution in [0.5, 0.6) is 5.75 Å². The number of sulfonamides is 1. The van der Waals surface area contributed by atoms with Gasteiger partial charge in [0.15, 0.2) is 5.16 Å². The summed E-state index contributed by atoms with van der Waals surface area (Å²) in [4.78, 5) is 11.9. The van der Waals surface area contributed by atoms with E-state index in [1.165, 1.54) is 42.3 Å². The van der Waals surface area contributed by atoms with Crippen LogP contribution in [0.2, 0.25) is 0 Å². The average molecular weight is 384 g/mol. The highest BCUT2D eigenvalue weighted by Crippen LogP contribution is 2.35. The van der Waals surface area contributed by atoms with Crippen molar-refractivity contribution in [3.05, 3.63) is 34.7 Å². The highest BCUT2D eigenvalue weighted by molar-refractivity contribution is 7.99. The second-order valence-corrected chi connectivity index (χ2v) is 9.08. The molecule has 8 nitrogen and oxygen atoms in total. The van der Waals surface area contributed by atoms with Crippen LogP contribution in [0, 0.1) is 0 Å². The fourth-order valence-electron chi connectivity index (χ4n) is 2.26. The summed E-state index contributed by atoms with van der Waals surface area (Å²) in [5.74, 6) is 1.23. The Balaban J connectivity index is 1.52. The molecule has 0 aliphatic heterocycles. The number of rotatable bonds is 8. The normalized spacial score (nSPS) is 14.8. The molecule has 1 heterocycles. The number of thioether (sulfide) groups is 1. The summed E-state index contributed by atoms with van der Waals surface area (Å²) in [6, 6.07) is 6.60. The molecule has 136 valence electrons. The van der Waals surface area contributed by atoms with E-state index < -0.39 is 10.0 Å². The Hall–Kier alpha value is -1.78. The van der Waals surface area contributed by atoms with E-state index >= 15 is 0 Å². The van der Waals surface area contributed by atoms with Crippen molar-refractivity contribution in [1.29, 1.82) is 0 Å². The zero-order valence-electron chi connectivity index (χ0n) is 14.0. The maximum Gasteiger partial charge on any atom is 0.344 e. The van der Waals surface area contributed by atoms with Crippen molar-refractivity contribution < 1.29 is 13.2 Å². The van der Waals surface area contributed by atoms with Gasteiger partial charge < -0.3 is 4.74 Å². The highest BCUT2D eigenvalue weighted by Gasteiger charge is 2.28. The third kappa shape index (κ3) is 4.07. The highest BCUT2D eigenvalue weighted by atomic mass is 32.2. The summed E-state index contributed by atoms with van der Waals surface area (Å²) < 4.78 is 32.5. The Bertz CT molecular complexity index is 883. The first-order valence-electron chi connectivity index (χ1n) is 7.84. The molecular formula is C15H20N4O4S2. The van der Waals surface area contributed by atoms with E-state index in [1.54, 1.807) is 16.7 Å². The van der Waals surface area contributed by atoms with Crippen LogP contribution in [0.25, 0.3) is 0 Å². The Morgan fingerprint density at radius 1 is 1.32 bits per heavy atom. The molecule has 3 rings (SSSR count). The van der Waals surface area contributed by atoms with Crippen LogP contribution in [0.3, 0.4) is 0 Å². The van der Waals surface area contributed by atoms with Gasteiger partial charge in [-0.25, -0.2) is 22.6 Å². The van der Waals surface area contributed by atoms with Gasteiger partial charge in [-0.05, 0) is 37.1 Å². The summed E-state index contributed by atoms with van der Waals surface area (Å²) in [5, 5.41) is 7.20. The molecule has 1 aromatic carbocycles. The minimum absolute atomic E-state index is 0.163. The monoisotopic (exact) mass is 384 g/mol. The molecule has 0 saturated heterocycles. The summed E-state index contributed by atoms with van der Waals surface area (Å²) in [7, 11) is -0.443. The summed E-state index contributed by atoms with van der Waals surface area (Å²) in [6.07, 6.45) is 2.04. The number of aromatic nitrogens is 3. The van der Waals surface area contributed by atoms with E-state index in [9.17, 15) is 13.2 Å². The van der Waals surface area contributed by atoms with Crippen molar-refractivity contribution in [2.75, 3.05) is 26.5 Å². The second kappa shape index (κ2) is 7.22. The minimum atomic E-state index is -3.43. The molecule has 10 heteroatoms. The first-order chi connectivity index (χ1) is 11.9. The fraction of sp³-hybridized carbons (Fsp3) is 0.467. The molecule has 1 aliphatic rings. The van der Waals surface area contributed by atoms with Crippen LogP contribution < -0.4 is 10.4 Å². The van der Waals surface area contributed by atoms with Gasteiger partial charge in [0.25, 0.3) is 0 Å². The van der Waals surface area contributed by atoms with E-state index in [2.05, 4.69) is 10.2 Å². The lowest BCUT2D eigenvalue weighted by molar-refractivity contribution is 0.343. The largest absolute Gasteiger partial charge is 0.493 e. The average Bonchev–Trinajstić information content (AvgIpc) is 3.35. The van der Waals surface area contributed by atoms with E-state index in [0.29, 0.717) is 23.3 Å². The lowest BCUT2D eigenvalue weighted by Gasteiger charge is -2.12. The predicted octanol–water partition coefficient (Wildman–Crippen LogP) is 1.33. The lowest BCUT2D eigenvalue weighted by atomic mass is 10.3. The van der Waals surface area contributed by atoms with E-state index in [-0.39, 0.29) is 16.6 Å². The number of ether oxygens (including phenoxy) is 1. The van der Waals surface area contributed by atoms with E-state index in [4.69, 9.17) is 4.74 Å². The van der Waals surface area contributed by atoms with Crippen LogP contribution in [-0.4, -0.2) is 53.9 Å². The molecule has 1 aliphatic carbocycles. The first-order valence-corrected chi connectivity index (χ1v) is 10.3. The maximum atomic E-state index is 12.0. The molecule has 1 saturated carbocycles. The molecule has 0 atom stereocenters. The van der Waals surface area contributed by atoms with Crippen LogP contribution in [-0.2, 0) is 10.0 Å². The Kier molecular flexibility index (Phi) is 5.21. The van der Waals surface area contributed by atoms with Gasteiger partial charge in [-0.15, -0.1) is 5.10 Å². The van der Waals surface area contributed by atoms with Crippen LogP contribution in [0.4, 0.5) is 0 Å². The summed E-state index contributed by atoms with van der Waals surface area (Å²) >= 11 is 1.46. The van der Waals surface area contributed by atoms with Crippen molar-refractivity contribution in [2.24, 2.45) is 0 Å². The van der Waals surface area contributed by atoms with Gasteiger partial charge in [0.1, 0.15) is 5.75 Å². The van der Waals surface area contributed by atoms with Gasteiger partial charge in [-0.1, -0.05) is 11.8 Å². The van der Waals surface area contributed by atoms with Gasteiger partial charge in [0.05, 0.1) is 11.5 Å². The van der Waals surface area contributed by atoms with Crippen LogP contribution >= 0.6 is 11.8 Å². The summed E-state index contributed by atoms with van der Waals surface area (Å²) in [5.41, 5.74) is -0.163. The number of nitrogens with one attached hydrogen (secondary N) is 1. The zero-order valence-corrected chi connectivity index (χ0v) is 15.6. The third-order valence-corrected chi connectivity index (χ3v) is 6.52. The molecular weight excluding hydrogens is 364 g/mol. The third-order valence-electron chi connectivity index (χ3n) is 3.77. The van der Waals surface area contributed by atoms with Crippen molar-refractivity contribution in [1.82, 2.24) is 19.1 Å². The predicted molar refractivity (Wildman–Crippen MR) is 94.7 cm³/mol. The minimum Gasteiger partial charge on any atom is -0.493 e. The molecule has 1 fully saturated rings. The van der Waals surface area contributed by atoms with Gasteiger partial charge in [-0.3, -0.25) is 4.57 Å². The smallest absolute Gasteiger partial charge is 0.344 e. The molecule has 1 N–H and O–H groups in total. The number of benzene rings is 1. The number of aromatic amines is 1. The summed E-state index contributed by atoms with van der Waals surface area (Å²) in [6.45, 7) is 0.427. The van der Waals surface area contributed by atoms with E-state index in [1.807, 2.05) is 0 Å². The fourth-order valence-corrected chi connectivity index (χ4v) is 3.99. The molecule has 1 aromatic heterocycles. The molecule has 0 spiro atoms. The Morgan fingerprint density at radius 3 is 2.60 bits per heavy atom. The van der Waals surface area contributed by atoms with Crippen molar-refractivity contribution in [2.45, 2.75) is 28.9 Å². The number of H-pyrrole nitrogens is 1. The zero-order chi connectivity index (χ0) is 18.0. The molecule has 0 amide bonds. The van der Waals surface area contributed by atoms with Gasteiger partial charge in [0.2, 0.25) is 10.0 Å². The first kappa shape index (κ1) is 18.0. The molecule has 0 radical (unpaired) electrons. The second-order valence-electron chi connectivity index (χ2n) is 5.87. The van der Waals surface area contributed by atoms with Gasteiger partial charge in [0, 0.05) is 25.9 Å². The van der Waals surface area contributed by atoms with E-state index in [0.717, 1.165) is 12.8 Å². The maximum absolute atomic E-state index is 12.0. The Labute approximate surface area is 150 Å². The Morgan fingerprint density at radius 2 is 2.00 bits per heavy atom. The number of hydrogen-bond donors (Lipinski definition) is 1. The molecule has 0 unspecified atom stereocenters. The standard InChI is InChI=1S/C15H20N4O4S2/c1-18(2)25(21,22)13-7-5-12(6-8-13)23-9-10-24-15-17-16-14(20)19(15)11-3-4-11/h5-8,11H,3-4,9-10H2,1-2H3,(H,16,20). The van der Waals surface area contributed by atoms with Crippen molar-refractivity contribution in [3.8, 4) is 5.75 Å². The van der Waals surface area contributed by atoms with Crippen molar-refractivity contribution >= 4 is 21.8 Å². The van der Waals surface area contributed by atoms with Crippen LogP contribution in [0.1, 0.15) is 18.9 Å². The molecule has 2 aromatic rings. The van der Waals surface area contributed by atoms with Crippen LogP contribution in [0.15, 0.2) is 39.1 Å². The number of nitrogens with zero attached hydrogens (tertiary/aromatic N) is 3. The van der Waals surface area contributed by atoms with Gasteiger partial charge in [-0.2, -0.15) is 0 Å². The SMILES string of the molecule is CN(C)S(=O)(=O)c1ccc(OCCSc2n[nH]c(=O)n2C2CC2)cc1. The van der Waals surface area contributed by atoms with Crippen molar-refractivity contribution in [3.63, 3.8) is 0 Å². The van der Waals surface area contributed by atoms with Gasteiger partial charge >= 0.3 is 5.69 Å².